The van der Waals surface area contributed by atoms with Crippen LogP contribution in [0.25, 0.3) is 0 Å². The van der Waals surface area contributed by atoms with Gasteiger partial charge >= 0.3 is 0 Å². The first-order chi connectivity index (χ1) is 26.5. The van der Waals surface area contributed by atoms with Crippen molar-refractivity contribution in [2.75, 3.05) is 20.1 Å². The molecule has 0 aliphatic heterocycles. The topological polar surface area (TPSA) is 89.9 Å². The van der Waals surface area contributed by atoms with E-state index in [9.17, 15) is 19.8 Å². The molecule has 308 valence electrons. The molecule has 0 heterocycles. The van der Waals surface area contributed by atoms with Crippen molar-refractivity contribution in [1.29, 1.82) is 0 Å². The highest BCUT2D eigenvalue weighted by atomic mass is 16.3. The summed E-state index contributed by atoms with van der Waals surface area (Å²) in [6.45, 7) is 10.5. The zero-order valence-electron chi connectivity index (χ0n) is 35.3. The van der Waals surface area contributed by atoms with Gasteiger partial charge in [-0.2, -0.15) is 0 Å². The van der Waals surface area contributed by atoms with E-state index in [0.29, 0.717) is 61.4 Å². The van der Waals surface area contributed by atoms with E-state index in [1.807, 2.05) is 7.05 Å². The average Bonchev–Trinajstić information content (AvgIpc) is 3.52. The number of nitrogens with zero attached hydrogens (tertiary/aromatic N) is 1. The Balaban J connectivity index is 1.05. The Morgan fingerprint density at radius 2 is 1.31 bits per heavy atom. The van der Waals surface area contributed by atoms with Crippen molar-refractivity contribution >= 4 is 11.8 Å². The van der Waals surface area contributed by atoms with Crippen molar-refractivity contribution in [2.24, 2.45) is 46.3 Å². The molecule has 0 aromatic heterocycles. The highest BCUT2D eigenvalue weighted by Crippen LogP contribution is 2.68. The van der Waals surface area contributed by atoms with E-state index in [4.69, 9.17) is 0 Å². The van der Waals surface area contributed by atoms with E-state index in [1.165, 1.54) is 25.7 Å². The Bertz CT molecular complexity index is 1360. The fourth-order valence-corrected chi connectivity index (χ4v) is 11.3. The molecule has 0 saturated heterocycles. The molecule has 0 aromatic rings. The smallest absolute Gasteiger partial charge is 0.222 e. The zero-order chi connectivity index (χ0) is 39.7. The number of nitrogens with one attached hydrogen (secondary N) is 1. The fourth-order valence-electron chi connectivity index (χ4n) is 11.3. The number of aliphatic hydroxyl groups excluding tert-OH is 2. The van der Waals surface area contributed by atoms with E-state index >= 15 is 0 Å². The molecule has 0 spiro atoms. The maximum atomic E-state index is 12.9. The van der Waals surface area contributed by atoms with Gasteiger partial charge in [0.2, 0.25) is 11.8 Å². The van der Waals surface area contributed by atoms with Crippen LogP contribution in [0, 0.1) is 46.3 Å². The van der Waals surface area contributed by atoms with Gasteiger partial charge in [-0.15, -0.1) is 0 Å². The number of fused-ring (bicyclic) bond motifs is 5. The second-order valence-electron chi connectivity index (χ2n) is 18.1. The van der Waals surface area contributed by atoms with Crippen LogP contribution >= 0.6 is 0 Å². The number of hydrogen-bond acceptors (Lipinski definition) is 4. The molecule has 10 atom stereocenters. The van der Waals surface area contributed by atoms with Crippen molar-refractivity contribution < 1.29 is 19.8 Å². The molecule has 4 rings (SSSR count). The Morgan fingerprint density at radius 3 is 1.93 bits per heavy atom. The largest absolute Gasteiger partial charge is 0.393 e. The van der Waals surface area contributed by atoms with E-state index in [0.717, 1.165) is 77.0 Å². The summed E-state index contributed by atoms with van der Waals surface area (Å²) in [4.78, 5) is 27.2. The molecule has 1 unspecified atom stereocenters. The average molecular weight is 759 g/mol. The molecule has 2 amide bonds. The van der Waals surface area contributed by atoms with Gasteiger partial charge in [0.25, 0.3) is 0 Å². The van der Waals surface area contributed by atoms with Crippen molar-refractivity contribution in [2.45, 2.75) is 155 Å². The Labute approximate surface area is 335 Å². The van der Waals surface area contributed by atoms with Gasteiger partial charge < -0.3 is 20.4 Å². The van der Waals surface area contributed by atoms with Crippen LogP contribution in [-0.4, -0.2) is 59.3 Å². The first-order valence-electron chi connectivity index (χ1n) is 22.3. The highest BCUT2D eigenvalue weighted by Gasteiger charge is 2.62. The number of carbonyl (C=O) groups is 2. The van der Waals surface area contributed by atoms with Gasteiger partial charge in [-0.3, -0.25) is 9.59 Å². The molecule has 55 heavy (non-hydrogen) atoms. The normalized spacial score (nSPS) is 32.9. The van der Waals surface area contributed by atoms with Crippen molar-refractivity contribution in [1.82, 2.24) is 10.2 Å². The van der Waals surface area contributed by atoms with Crippen LogP contribution in [0.2, 0.25) is 0 Å². The zero-order valence-corrected chi connectivity index (χ0v) is 35.3. The summed E-state index contributed by atoms with van der Waals surface area (Å²) >= 11 is 0. The SMILES string of the molecule is CC/C=C\C/C=C\C/C=C\C/C=C\C/C=C\C/C=C\CCC(=O)N(C)CCNC(=O)CC[C@@H](C)C1CC[C@H]2[C@@H]3[C@H](O)C[C@@H]4C[C@H](O)CC[C@]4(C)[C@H]3CC[C@]12C. The first-order valence-corrected chi connectivity index (χ1v) is 22.3. The lowest BCUT2D eigenvalue weighted by molar-refractivity contribution is -0.174. The summed E-state index contributed by atoms with van der Waals surface area (Å²) < 4.78 is 0. The predicted octanol–water partition coefficient (Wildman–Crippen LogP) is 10.4. The summed E-state index contributed by atoms with van der Waals surface area (Å²) in [5, 5.41) is 25.0. The van der Waals surface area contributed by atoms with Gasteiger partial charge in [0.15, 0.2) is 0 Å². The fraction of sp³-hybridized carbons (Fsp3) is 0.714. The van der Waals surface area contributed by atoms with Gasteiger partial charge in [0.05, 0.1) is 12.2 Å². The predicted molar refractivity (Wildman–Crippen MR) is 229 cm³/mol. The molecule has 4 saturated carbocycles. The lowest BCUT2D eigenvalue weighted by Crippen LogP contribution is -2.58. The Kier molecular flexibility index (Phi) is 18.7. The summed E-state index contributed by atoms with van der Waals surface area (Å²) in [6, 6.07) is 0. The van der Waals surface area contributed by atoms with Crippen LogP contribution in [0.4, 0.5) is 0 Å². The molecule has 3 N–H and O–H groups in total. The second-order valence-corrected chi connectivity index (χ2v) is 18.1. The summed E-state index contributed by atoms with van der Waals surface area (Å²) in [6.07, 6.45) is 42.8. The minimum absolute atomic E-state index is 0.0789. The standard InChI is InChI=1S/C49H78N2O4/c1-6-7-8-9-10-11-12-13-14-15-16-17-18-19-20-21-22-23-24-25-46(55)51(5)35-34-50-45(54)29-26-38(2)41-27-28-42-47-43(31-33-49(41,42)4)48(3)32-30-40(52)36-39(48)37-44(47)53/h7-8,10-11,13-14,16-17,19-20,22-23,38-44,47,52-53H,6,9,12,15,18,21,24-37H2,1-5H3,(H,50,54)/b8-7-,11-10-,14-13-,17-16-,20-19-,23-22-/t38-,39+,40-,41?,42+,43+,44-,47+,48+,49-/m1/s1. The number of carbonyl (C=O) groups excluding carboxylic acids is 2. The van der Waals surface area contributed by atoms with Gasteiger partial charge in [-0.25, -0.2) is 0 Å². The van der Waals surface area contributed by atoms with Crippen LogP contribution in [-0.2, 0) is 9.59 Å². The molecule has 4 aliphatic carbocycles. The molecule has 0 bridgehead atoms. The monoisotopic (exact) mass is 759 g/mol. The number of rotatable bonds is 21. The maximum Gasteiger partial charge on any atom is 0.222 e. The number of likely N-dealkylation sites (N-methyl/N-ethyl adjacent to an activating group) is 1. The van der Waals surface area contributed by atoms with Crippen LogP contribution < -0.4 is 5.32 Å². The third kappa shape index (κ3) is 12.9. The van der Waals surface area contributed by atoms with Gasteiger partial charge in [-0.05, 0) is 149 Å². The number of amides is 2. The van der Waals surface area contributed by atoms with Crippen LogP contribution in [0.5, 0.6) is 0 Å². The summed E-state index contributed by atoms with van der Waals surface area (Å²) in [7, 11) is 1.82. The van der Waals surface area contributed by atoms with Crippen LogP contribution in [0.3, 0.4) is 0 Å². The van der Waals surface area contributed by atoms with E-state index in [1.54, 1.807) is 4.90 Å². The van der Waals surface area contributed by atoms with Gasteiger partial charge in [0, 0.05) is 33.0 Å². The van der Waals surface area contributed by atoms with E-state index in [-0.39, 0.29) is 34.9 Å². The van der Waals surface area contributed by atoms with E-state index < -0.39 is 0 Å². The number of aliphatic hydroxyl groups is 2. The molecular weight excluding hydrogens is 681 g/mol. The first kappa shape index (κ1) is 45.0. The minimum Gasteiger partial charge on any atom is -0.393 e. The molecule has 6 heteroatoms. The van der Waals surface area contributed by atoms with Crippen molar-refractivity contribution in [3.63, 3.8) is 0 Å². The molecule has 6 nitrogen and oxygen atoms in total. The number of hydrogen-bond donors (Lipinski definition) is 3. The maximum absolute atomic E-state index is 12.9. The minimum atomic E-state index is -0.250. The highest BCUT2D eigenvalue weighted by molar-refractivity contribution is 5.77. The number of allylic oxidation sites excluding steroid dienone is 12. The Hall–Kier alpha value is -2.70. The molecule has 0 radical (unpaired) electrons. The second kappa shape index (κ2) is 22.9. The quantitative estimate of drug-likeness (QED) is 0.102. The molecular formula is C49H78N2O4. The Morgan fingerprint density at radius 1 is 0.745 bits per heavy atom. The summed E-state index contributed by atoms with van der Waals surface area (Å²) in [5.41, 5.74) is 0.475. The molecule has 0 aromatic carbocycles. The summed E-state index contributed by atoms with van der Waals surface area (Å²) in [5.74, 6) is 3.17. The van der Waals surface area contributed by atoms with E-state index in [2.05, 4.69) is 106 Å². The van der Waals surface area contributed by atoms with Crippen LogP contribution in [0.1, 0.15) is 143 Å². The van der Waals surface area contributed by atoms with Crippen molar-refractivity contribution in [3.8, 4) is 0 Å². The van der Waals surface area contributed by atoms with Gasteiger partial charge in [-0.1, -0.05) is 101 Å². The third-order valence-corrected chi connectivity index (χ3v) is 14.6. The van der Waals surface area contributed by atoms with Crippen LogP contribution in [0.15, 0.2) is 72.9 Å². The third-order valence-electron chi connectivity index (χ3n) is 14.6. The van der Waals surface area contributed by atoms with Gasteiger partial charge in [0.1, 0.15) is 0 Å². The lowest BCUT2D eigenvalue weighted by atomic mass is 9.43. The lowest BCUT2D eigenvalue weighted by Gasteiger charge is -2.62. The molecule has 4 fully saturated rings. The van der Waals surface area contributed by atoms with Crippen molar-refractivity contribution in [3.05, 3.63) is 72.9 Å². The molecule has 4 aliphatic rings.